The molecule has 5 heterocycles. The molecule has 0 aliphatic carbocycles. The monoisotopic (exact) mass is 520 g/mol. The van der Waals surface area contributed by atoms with Crippen LogP contribution in [-0.2, 0) is 0 Å². The molecule has 0 radical (unpaired) electrons. The predicted octanol–water partition coefficient (Wildman–Crippen LogP) is 2.71. The minimum Gasteiger partial charge on any atom is -0.351 e. The van der Waals surface area contributed by atoms with Gasteiger partial charge in [-0.05, 0) is 52.3 Å². The molecule has 1 fully saturated rings. The zero-order chi connectivity index (χ0) is 26.2. The normalized spacial score (nSPS) is 15.2. The van der Waals surface area contributed by atoms with Crippen LogP contribution in [0.25, 0.3) is 15.4 Å². The Kier molecular flexibility index (Phi) is 6.61. The molecule has 11 nitrogen and oxygen atoms in total. The number of aromatic amines is 1. The van der Waals surface area contributed by atoms with Crippen LogP contribution in [0.5, 0.6) is 0 Å². The fourth-order valence-electron chi connectivity index (χ4n) is 4.50. The minimum atomic E-state index is -0.364. The van der Waals surface area contributed by atoms with Crippen molar-refractivity contribution in [2.45, 2.75) is 39.2 Å². The van der Waals surface area contributed by atoms with Crippen molar-refractivity contribution < 1.29 is 9.59 Å². The number of aryl methyl sites for hydroxylation is 1. The molecule has 37 heavy (non-hydrogen) atoms. The topological polar surface area (TPSA) is 137 Å². The largest absolute Gasteiger partial charge is 0.351 e. The van der Waals surface area contributed by atoms with Gasteiger partial charge in [0.2, 0.25) is 0 Å². The molecule has 12 heteroatoms. The molecule has 0 aromatic carbocycles. The molecule has 0 bridgehead atoms. The molecule has 192 valence electrons. The second-order valence-electron chi connectivity index (χ2n) is 9.68. The molecule has 4 aromatic heterocycles. The highest BCUT2D eigenvalue weighted by molar-refractivity contribution is 7.21. The molecular formula is C25H28N8O3S. The minimum absolute atomic E-state index is 0.159. The summed E-state index contributed by atoms with van der Waals surface area (Å²) in [6.45, 7) is 8.60. The third-order valence-electron chi connectivity index (χ3n) is 6.71. The van der Waals surface area contributed by atoms with Gasteiger partial charge in [-0.1, -0.05) is 0 Å². The van der Waals surface area contributed by atoms with E-state index < -0.39 is 0 Å². The Bertz CT molecular complexity index is 1520. The first-order valence-electron chi connectivity index (χ1n) is 12.1. The Morgan fingerprint density at radius 1 is 1.22 bits per heavy atom. The zero-order valence-electron chi connectivity index (χ0n) is 20.9. The fraction of sp³-hybridized carbons (Fsp3) is 0.360. The summed E-state index contributed by atoms with van der Waals surface area (Å²) in [7, 11) is 0. The van der Waals surface area contributed by atoms with Crippen LogP contribution in [-0.4, -0.2) is 66.7 Å². The van der Waals surface area contributed by atoms with Gasteiger partial charge < -0.3 is 10.6 Å². The molecule has 5 rings (SSSR count). The van der Waals surface area contributed by atoms with Crippen molar-refractivity contribution in [3.8, 4) is 10.6 Å². The lowest BCUT2D eigenvalue weighted by atomic mass is 10.0. The highest BCUT2D eigenvalue weighted by Gasteiger charge is 2.31. The first-order valence-corrected chi connectivity index (χ1v) is 12.9. The predicted molar refractivity (Wildman–Crippen MR) is 141 cm³/mol. The van der Waals surface area contributed by atoms with Crippen molar-refractivity contribution in [1.82, 2.24) is 35.0 Å². The van der Waals surface area contributed by atoms with Crippen molar-refractivity contribution in [3.05, 3.63) is 64.0 Å². The van der Waals surface area contributed by atoms with Gasteiger partial charge in [0.25, 0.3) is 17.4 Å². The summed E-state index contributed by atoms with van der Waals surface area (Å²) in [5.41, 5.74) is 2.25. The molecule has 1 saturated heterocycles. The number of nitrogens with one attached hydrogen (secondary N) is 3. The van der Waals surface area contributed by atoms with Crippen molar-refractivity contribution >= 4 is 33.7 Å². The lowest BCUT2D eigenvalue weighted by Gasteiger charge is -2.31. The van der Waals surface area contributed by atoms with Gasteiger partial charge in [-0.15, -0.1) is 11.3 Å². The number of rotatable bonds is 7. The number of anilines is 1. The quantitative estimate of drug-likeness (QED) is 0.341. The summed E-state index contributed by atoms with van der Waals surface area (Å²) in [5, 5.41) is 16.5. The Hall–Kier alpha value is -3.90. The highest BCUT2D eigenvalue weighted by atomic mass is 32.1. The molecule has 1 aliphatic heterocycles. The molecule has 1 aliphatic rings. The van der Waals surface area contributed by atoms with Crippen LogP contribution in [0.2, 0.25) is 0 Å². The van der Waals surface area contributed by atoms with E-state index in [9.17, 15) is 14.4 Å². The van der Waals surface area contributed by atoms with Gasteiger partial charge in [-0.3, -0.25) is 24.3 Å². The van der Waals surface area contributed by atoms with E-state index in [4.69, 9.17) is 0 Å². The number of carbonyl (C=O) groups excluding carboxylic acids is 2. The third-order valence-corrected chi connectivity index (χ3v) is 7.84. The maximum Gasteiger partial charge on any atom is 0.264 e. The summed E-state index contributed by atoms with van der Waals surface area (Å²) in [6.07, 6.45) is 7.09. The van der Waals surface area contributed by atoms with E-state index in [1.807, 2.05) is 0 Å². The molecule has 2 amide bonds. The first kappa shape index (κ1) is 24.8. The van der Waals surface area contributed by atoms with E-state index in [0.717, 1.165) is 24.4 Å². The van der Waals surface area contributed by atoms with Crippen LogP contribution in [0.3, 0.4) is 0 Å². The summed E-state index contributed by atoms with van der Waals surface area (Å²) in [6, 6.07) is 4.64. The second-order valence-corrected chi connectivity index (χ2v) is 10.7. The van der Waals surface area contributed by atoms with E-state index in [2.05, 4.69) is 49.7 Å². The van der Waals surface area contributed by atoms with Gasteiger partial charge in [0.15, 0.2) is 0 Å². The molecule has 3 N–H and O–H groups in total. The van der Waals surface area contributed by atoms with E-state index >= 15 is 0 Å². The molecule has 4 aromatic rings. The second kappa shape index (κ2) is 9.87. The number of aromatic nitrogens is 5. The smallest absolute Gasteiger partial charge is 0.264 e. The van der Waals surface area contributed by atoms with Gasteiger partial charge >= 0.3 is 0 Å². The lowest BCUT2D eigenvalue weighted by molar-refractivity contribution is 0.0938. The number of pyridine rings is 1. The van der Waals surface area contributed by atoms with Crippen LogP contribution in [0.4, 0.5) is 5.69 Å². The molecule has 0 spiro atoms. The number of fused-ring (bicyclic) bond motifs is 1. The molecule has 0 unspecified atom stereocenters. The van der Waals surface area contributed by atoms with E-state index in [1.54, 1.807) is 29.8 Å². The fourth-order valence-corrected chi connectivity index (χ4v) is 5.53. The summed E-state index contributed by atoms with van der Waals surface area (Å²) >= 11 is 1.33. The SMILES string of the molecule is Cc1ncc(C(=O)NCCN2CCCC2(C)C)cc1NC(=O)c1cnn2cc(-c3ccc(=O)[nH]n3)sc12. The number of amides is 2. The Morgan fingerprint density at radius 3 is 2.78 bits per heavy atom. The summed E-state index contributed by atoms with van der Waals surface area (Å²) < 4.78 is 1.60. The van der Waals surface area contributed by atoms with E-state index in [0.29, 0.717) is 39.6 Å². The molecule has 0 saturated carbocycles. The Morgan fingerprint density at radius 2 is 2.05 bits per heavy atom. The number of thiazole rings is 1. The Labute approximate surface area is 216 Å². The number of hydrogen-bond donors (Lipinski definition) is 3. The van der Waals surface area contributed by atoms with Crippen molar-refractivity contribution in [2.75, 3.05) is 25.0 Å². The first-order chi connectivity index (χ1) is 17.7. The maximum absolute atomic E-state index is 13.1. The van der Waals surface area contributed by atoms with Crippen LogP contribution >= 0.6 is 11.3 Å². The van der Waals surface area contributed by atoms with Gasteiger partial charge in [0.05, 0.1) is 33.6 Å². The standard InChI is InChI=1S/C25H28N8O3S/c1-15-19(11-16(12-27-15)22(35)26-8-10-32-9-4-7-25(32,2)3)29-23(36)17-13-28-33-14-20(37-24(17)33)18-5-6-21(34)31-30-18/h5-6,11-14H,4,7-10H2,1-3H3,(H,26,35)(H,29,36)(H,31,34). The van der Waals surface area contributed by atoms with Crippen LogP contribution < -0.4 is 16.2 Å². The summed E-state index contributed by atoms with van der Waals surface area (Å²) in [4.78, 5) is 45.3. The van der Waals surface area contributed by atoms with E-state index in [-0.39, 0.29) is 22.9 Å². The van der Waals surface area contributed by atoms with E-state index in [1.165, 1.54) is 36.2 Å². The number of carbonyl (C=O) groups is 2. The average molecular weight is 521 g/mol. The lowest BCUT2D eigenvalue weighted by Crippen LogP contribution is -2.43. The van der Waals surface area contributed by atoms with Gasteiger partial charge in [0.1, 0.15) is 10.5 Å². The molecular weight excluding hydrogens is 492 g/mol. The van der Waals surface area contributed by atoms with Crippen molar-refractivity contribution in [1.29, 1.82) is 0 Å². The van der Waals surface area contributed by atoms with Gasteiger partial charge in [-0.25, -0.2) is 9.61 Å². The van der Waals surface area contributed by atoms with Crippen molar-refractivity contribution in [2.24, 2.45) is 0 Å². The third kappa shape index (κ3) is 5.16. The van der Waals surface area contributed by atoms with Gasteiger partial charge in [0, 0.05) is 37.1 Å². The number of likely N-dealkylation sites (tertiary alicyclic amines) is 1. The van der Waals surface area contributed by atoms with Crippen molar-refractivity contribution in [3.63, 3.8) is 0 Å². The Balaban J connectivity index is 1.28. The van der Waals surface area contributed by atoms with Crippen LogP contribution in [0.15, 0.2) is 41.6 Å². The highest BCUT2D eigenvalue weighted by Crippen LogP contribution is 2.29. The molecule has 0 atom stereocenters. The van der Waals surface area contributed by atoms with Gasteiger partial charge in [-0.2, -0.15) is 10.2 Å². The average Bonchev–Trinajstić information content (AvgIpc) is 3.55. The summed E-state index contributed by atoms with van der Waals surface area (Å²) in [5.74, 6) is -0.597. The maximum atomic E-state index is 13.1. The number of nitrogens with zero attached hydrogens (tertiary/aromatic N) is 5. The van der Waals surface area contributed by atoms with Crippen LogP contribution in [0.1, 0.15) is 53.1 Å². The number of H-pyrrole nitrogens is 1. The zero-order valence-corrected chi connectivity index (χ0v) is 21.7. The van der Waals surface area contributed by atoms with Crippen LogP contribution in [0, 0.1) is 6.92 Å². The number of hydrogen-bond acceptors (Lipinski definition) is 8.